The van der Waals surface area contributed by atoms with E-state index in [0.717, 1.165) is 11.0 Å². The molecule has 0 aliphatic rings. The van der Waals surface area contributed by atoms with Crippen LogP contribution in [0.25, 0.3) is 22.6 Å². The first kappa shape index (κ1) is 20.5. The number of para-hydroxylation sites is 1. The molecule has 0 saturated heterocycles. The Bertz CT molecular complexity index is 1200. The second-order valence-electron chi connectivity index (χ2n) is 6.31. The van der Waals surface area contributed by atoms with E-state index in [1.165, 1.54) is 11.8 Å². The first-order chi connectivity index (χ1) is 14.5. The first-order valence-corrected chi connectivity index (χ1v) is 10.7. The van der Waals surface area contributed by atoms with Crippen LogP contribution in [0.2, 0.25) is 10.0 Å². The number of fused-ring (bicyclic) bond motifs is 1. The second-order valence-corrected chi connectivity index (χ2v) is 8.10. The van der Waals surface area contributed by atoms with Crippen LogP contribution in [-0.2, 0) is 11.3 Å². The Morgan fingerprint density at radius 1 is 1.20 bits per heavy atom. The highest BCUT2D eigenvalue weighted by Crippen LogP contribution is 2.30. The minimum Gasteiger partial charge on any atom is -0.453 e. The number of halogens is 2. The molecular weight excluding hydrogens is 443 g/mol. The van der Waals surface area contributed by atoms with Gasteiger partial charge in [-0.1, -0.05) is 59.2 Å². The number of carbonyl (C=O) groups excluding carboxylic acids is 1. The molecule has 0 unspecified atom stereocenters. The second kappa shape index (κ2) is 8.95. The Hall–Kier alpha value is -2.74. The predicted molar refractivity (Wildman–Crippen MR) is 121 cm³/mol. The molecule has 152 valence electrons. The Morgan fingerprint density at radius 3 is 2.83 bits per heavy atom. The lowest BCUT2D eigenvalue weighted by atomic mass is 10.2. The van der Waals surface area contributed by atoms with Crippen molar-refractivity contribution in [3.8, 4) is 11.6 Å². The lowest BCUT2D eigenvalue weighted by molar-refractivity contribution is -0.113. The molecule has 6 nitrogen and oxygen atoms in total. The van der Waals surface area contributed by atoms with Crippen LogP contribution in [-0.4, -0.2) is 26.4 Å². The molecule has 0 saturated carbocycles. The summed E-state index contributed by atoms with van der Waals surface area (Å²) in [5.41, 5.74) is 1.23. The van der Waals surface area contributed by atoms with Gasteiger partial charge < -0.3 is 9.73 Å². The number of thioether (sulfide) groups is 1. The Labute approximate surface area is 186 Å². The van der Waals surface area contributed by atoms with Crippen molar-refractivity contribution in [3.05, 3.63) is 71.2 Å². The molecule has 4 rings (SSSR count). The average Bonchev–Trinajstić information content (AvgIpc) is 3.33. The number of allylic oxidation sites excluding steroid dienone is 1. The van der Waals surface area contributed by atoms with Crippen molar-refractivity contribution in [1.29, 1.82) is 0 Å². The molecule has 2 heterocycles. The maximum atomic E-state index is 12.4. The normalized spacial score (nSPS) is 11.0. The quantitative estimate of drug-likeness (QED) is 0.275. The molecule has 9 heteroatoms. The molecule has 0 radical (unpaired) electrons. The summed E-state index contributed by atoms with van der Waals surface area (Å²) in [6.45, 7) is 4.28. The fourth-order valence-corrected chi connectivity index (χ4v) is 3.96. The van der Waals surface area contributed by atoms with Gasteiger partial charge in [-0.2, -0.15) is 0 Å². The van der Waals surface area contributed by atoms with E-state index in [2.05, 4.69) is 22.1 Å². The fourth-order valence-electron chi connectivity index (χ4n) is 2.87. The molecule has 1 amide bonds. The average molecular weight is 459 g/mol. The van der Waals surface area contributed by atoms with Gasteiger partial charge in [0.25, 0.3) is 0 Å². The molecule has 0 spiro atoms. The molecule has 0 fully saturated rings. The van der Waals surface area contributed by atoms with Gasteiger partial charge in [-0.3, -0.25) is 9.36 Å². The Morgan fingerprint density at radius 2 is 2.03 bits per heavy atom. The van der Waals surface area contributed by atoms with E-state index in [1.54, 1.807) is 24.3 Å². The van der Waals surface area contributed by atoms with Gasteiger partial charge in [-0.25, -0.2) is 0 Å². The van der Waals surface area contributed by atoms with Crippen molar-refractivity contribution >= 4 is 57.5 Å². The van der Waals surface area contributed by atoms with Crippen LogP contribution in [0.4, 0.5) is 5.69 Å². The SMILES string of the molecule is C=CCn1c(SCC(=O)Nc2cc(Cl)ccc2Cl)nnc1-c1cc2ccccc2o1. The number of carbonyl (C=O) groups is 1. The van der Waals surface area contributed by atoms with Crippen LogP contribution in [0.5, 0.6) is 0 Å². The highest BCUT2D eigenvalue weighted by molar-refractivity contribution is 7.99. The van der Waals surface area contributed by atoms with E-state index in [-0.39, 0.29) is 11.7 Å². The van der Waals surface area contributed by atoms with Crippen LogP contribution in [0.3, 0.4) is 0 Å². The highest BCUT2D eigenvalue weighted by atomic mass is 35.5. The number of nitrogens with one attached hydrogen (secondary N) is 1. The monoisotopic (exact) mass is 458 g/mol. The standard InChI is InChI=1S/C21H16Cl2N4O2S/c1-2-9-27-20(18-10-13-5-3-4-6-17(13)29-18)25-26-21(27)30-12-19(28)24-16-11-14(22)7-8-15(16)23/h2-8,10-11H,1,9,12H2,(H,24,28). The molecule has 4 aromatic rings. The maximum Gasteiger partial charge on any atom is 0.234 e. The molecule has 0 bridgehead atoms. The summed E-state index contributed by atoms with van der Waals surface area (Å²) in [5.74, 6) is 1.07. The van der Waals surface area contributed by atoms with E-state index < -0.39 is 0 Å². The van der Waals surface area contributed by atoms with E-state index in [4.69, 9.17) is 27.6 Å². The van der Waals surface area contributed by atoms with E-state index in [9.17, 15) is 4.79 Å². The van der Waals surface area contributed by atoms with Gasteiger partial charge >= 0.3 is 0 Å². The van der Waals surface area contributed by atoms with E-state index >= 15 is 0 Å². The molecule has 0 aliphatic heterocycles. The first-order valence-electron chi connectivity index (χ1n) is 8.96. The zero-order valence-electron chi connectivity index (χ0n) is 15.6. The number of hydrogen-bond donors (Lipinski definition) is 1. The number of furan rings is 1. The van der Waals surface area contributed by atoms with Crippen LogP contribution >= 0.6 is 35.0 Å². The molecule has 2 aromatic heterocycles. The summed E-state index contributed by atoms with van der Waals surface area (Å²) in [5, 5.41) is 13.7. The number of benzene rings is 2. The summed E-state index contributed by atoms with van der Waals surface area (Å²) in [7, 11) is 0. The number of anilines is 1. The van der Waals surface area contributed by atoms with Gasteiger partial charge in [0.1, 0.15) is 5.58 Å². The maximum absolute atomic E-state index is 12.4. The zero-order valence-corrected chi connectivity index (χ0v) is 18.0. The van der Waals surface area contributed by atoms with Gasteiger partial charge in [-0.05, 0) is 30.3 Å². The van der Waals surface area contributed by atoms with Crippen LogP contribution in [0, 0.1) is 0 Å². The van der Waals surface area contributed by atoms with Gasteiger partial charge in [0, 0.05) is 17.0 Å². The third-order valence-electron chi connectivity index (χ3n) is 4.21. The van der Waals surface area contributed by atoms with Crippen LogP contribution < -0.4 is 5.32 Å². The highest BCUT2D eigenvalue weighted by Gasteiger charge is 2.18. The third-order valence-corrected chi connectivity index (χ3v) is 5.74. The van der Waals surface area contributed by atoms with Gasteiger partial charge in [0.2, 0.25) is 11.7 Å². The van der Waals surface area contributed by atoms with Crippen molar-refractivity contribution in [1.82, 2.24) is 14.8 Å². The van der Waals surface area contributed by atoms with Gasteiger partial charge in [0.05, 0.1) is 16.5 Å². The van der Waals surface area contributed by atoms with Crippen molar-refractivity contribution in [2.45, 2.75) is 11.7 Å². The lowest BCUT2D eigenvalue weighted by Gasteiger charge is -2.08. The molecular formula is C21H16Cl2N4O2S. The third kappa shape index (κ3) is 4.38. The smallest absolute Gasteiger partial charge is 0.234 e. The summed E-state index contributed by atoms with van der Waals surface area (Å²) < 4.78 is 7.77. The van der Waals surface area contributed by atoms with Crippen molar-refractivity contribution < 1.29 is 9.21 Å². The van der Waals surface area contributed by atoms with Crippen LogP contribution in [0.1, 0.15) is 0 Å². The lowest BCUT2D eigenvalue weighted by Crippen LogP contribution is -2.15. The topological polar surface area (TPSA) is 73.0 Å². The van der Waals surface area contributed by atoms with Crippen molar-refractivity contribution in [2.75, 3.05) is 11.1 Å². The summed E-state index contributed by atoms with van der Waals surface area (Å²) in [4.78, 5) is 12.4. The number of nitrogens with zero attached hydrogens (tertiary/aromatic N) is 3. The van der Waals surface area contributed by atoms with Gasteiger partial charge in [0.15, 0.2) is 10.9 Å². The number of amides is 1. The largest absolute Gasteiger partial charge is 0.453 e. The van der Waals surface area contributed by atoms with Gasteiger partial charge in [-0.15, -0.1) is 16.8 Å². The molecule has 30 heavy (non-hydrogen) atoms. The summed E-state index contributed by atoms with van der Waals surface area (Å²) >= 11 is 13.3. The molecule has 0 atom stereocenters. The van der Waals surface area contributed by atoms with Crippen molar-refractivity contribution in [2.24, 2.45) is 0 Å². The molecule has 0 aliphatic carbocycles. The summed E-state index contributed by atoms with van der Waals surface area (Å²) in [6, 6.07) is 14.5. The van der Waals surface area contributed by atoms with E-state index in [1.807, 2.05) is 34.9 Å². The minimum atomic E-state index is -0.234. The van der Waals surface area contributed by atoms with E-state index in [0.29, 0.717) is 39.0 Å². The molecule has 2 aromatic carbocycles. The zero-order chi connectivity index (χ0) is 21.1. The minimum absolute atomic E-state index is 0.123. The predicted octanol–water partition coefficient (Wildman–Crippen LogP) is 5.91. The number of hydrogen-bond acceptors (Lipinski definition) is 5. The number of rotatable bonds is 7. The molecule has 1 N–H and O–H groups in total. The fraction of sp³-hybridized carbons (Fsp3) is 0.0952. The number of aromatic nitrogens is 3. The Kier molecular flexibility index (Phi) is 6.13. The summed E-state index contributed by atoms with van der Waals surface area (Å²) in [6.07, 6.45) is 1.74. The van der Waals surface area contributed by atoms with Crippen LogP contribution in [0.15, 0.2) is 70.8 Å². The Balaban J connectivity index is 1.52. The van der Waals surface area contributed by atoms with Crippen molar-refractivity contribution in [3.63, 3.8) is 0 Å².